The third kappa shape index (κ3) is 9.68. The van der Waals surface area contributed by atoms with Crippen molar-refractivity contribution in [2.24, 2.45) is 0 Å². The van der Waals surface area contributed by atoms with Crippen LogP contribution < -0.4 is 0 Å². The molecule has 0 unspecified atom stereocenters. The summed E-state index contributed by atoms with van der Waals surface area (Å²) in [5.74, 6) is 0.927. The Labute approximate surface area is 358 Å². The fourth-order valence-corrected chi connectivity index (χ4v) is 9.68. The highest BCUT2D eigenvalue weighted by atomic mass is 35.5. The molecular weight excluding hydrogens is 834 g/mol. The number of ether oxygens (including phenoxy) is 5. The monoisotopic (exact) mass is 880 g/mol. The fraction of sp³-hybridized carbons (Fsp3) is 0.571. The Morgan fingerprint density at radius 2 is 1.02 bits per heavy atom. The van der Waals surface area contributed by atoms with Gasteiger partial charge in [0.15, 0.2) is 11.6 Å². The molecule has 6 fully saturated rings. The Morgan fingerprint density at radius 1 is 0.614 bits per heavy atom. The lowest BCUT2D eigenvalue weighted by Gasteiger charge is -2.35. The Morgan fingerprint density at radius 3 is 1.44 bits per heavy atom. The summed E-state index contributed by atoms with van der Waals surface area (Å²) in [6, 6.07) is 11.0. The minimum Gasteiger partial charge on any atom is -0.393 e. The molecule has 0 amide bonds. The van der Waals surface area contributed by atoms with Crippen LogP contribution in [0.15, 0.2) is 48.8 Å². The summed E-state index contributed by atoms with van der Waals surface area (Å²) in [7, 11) is 0. The zero-order valence-electron chi connectivity index (χ0n) is 31.8. The maximum atomic E-state index is 9.24. The number of aromatic nitrogens is 4. The molecule has 2 aromatic carbocycles. The quantitative estimate of drug-likeness (QED) is 0.175. The van der Waals surface area contributed by atoms with Gasteiger partial charge in [0.2, 0.25) is 0 Å². The molecule has 0 radical (unpaired) electrons. The van der Waals surface area contributed by atoms with Crippen LogP contribution in [0.3, 0.4) is 0 Å². The van der Waals surface area contributed by atoms with E-state index < -0.39 is 0 Å². The van der Waals surface area contributed by atoms with Crippen molar-refractivity contribution in [1.82, 2.24) is 19.6 Å². The number of aliphatic hydroxyl groups is 1. The standard InChI is InChI=1S/C21H24Cl2N2O3.C13H11Cl3N2.C8H14O3/c22-17-2-1-3-18(23)20(17)25-19(16(12-24-25)14-4-5-14)13-26-15-6-8-21(9-7-15)27-10-11-28-21;14-6-12-9(8-4-5-8)7-17-18(12)13-10(15)2-1-3-11(13)16;9-7-1-3-8(4-2-7)10-5-6-11-8/h1-3,12,14-15H,4-11,13H2;1-3,7-8H,4-6H2;7,9H,1-6H2. The van der Waals surface area contributed by atoms with Crippen LogP contribution in [0.2, 0.25) is 20.1 Å². The van der Waals surface area contributed by atoms with Crippen molar-refractivity contribution in [1.29, 1.82) is 0 Å². The van der Waals surface area contributed by atoms with Crippen LogP contribution in [0.1, 0.15) is 111 Å². The van der Waals surface area contributed by atoms with Crippen molar-refractivity contribution in [2.75, 3.05) is 26.4 Å². The number of halogens is 5. The third-order valence-electron chi connectivity index (χ3n) is 11.8. The Balaban J connectivity index is 0.000000133. The SMILES string of the molecule is ClCc1c(C2CC2)cnn1-c1c(Cl)cccc1Cl.Clc1cccc(Cl)c1-n1ncc(C2CC2)c1COC1CCC2(CC1)OCCO2.OC1CCC2(CC1)OCCO2. The molecule has 4 saturated carbocycles. The molecule has 4 aliphatic carbocycles. The van der Waals surface area contributed by atoms with E-state index in [9.17, 15) is 5.11 Å². The fourth-order valence-electron chi connectivity index (χ4n) is 8.30. The maximum Gasteiger partial charge on any atom is 0.168 e. The maximum absolute atomic E-state index is 9.24. The molecule has 2 spiro atoms. The van der Waals surface area contributed by atoms with Gasteiger partial charge < -0.3 is 28.8 Å². The first-order valence-corrected chi connectivity index (χ1v) is 22.2. The molecule has 10 rings (SSSR count). The largest absolute Gasteiger partial charge is 0.393 e. The van der Waals surface area contributed by atoms with E-state index in [2.05, 4.69) is 10.2 Å². The molecule has 15 heteroatoms. The summed E-state index contributed by atoms with van der Waals surface area (Å²) in [6.07, 6.45) is 15.8. The minimum absolute atomic E-state index is 0.131. The van der Waals surface area contributed by atoms with Gasteiger partial charge in [0, 0.05) is 25.7 Å². The van der Waals surface area contributed by atoms with Gasteiger partial charge in [-0.1, -0.05) is 58.5 Å². The van der Waals surface area contributed by atoms with E-state index in [0.29, 0.717) is 63.3 Å². The van der Waals surface area contributed by atoms with Crippen molar-refractivity contribution in [3.05, 3.63) is 91.4 Å². The highest BCUT2D eigenvalue weighted by molar-refractivity contribution is 6.38. The van der Waals surface area contributed by atoms with Crippen molar-refractivity contribution in [3.63, 3.8) is 0 Å². The summed E-state index contributed by atoms with van der Waals surface area (Å²) in [5.41, 5.74) is 5.97. The van der Waals surface area contributed by atoms with Gasteiger partial charge in [0.05, 0.1) is 95.0 Å². The van der Waals surface area contributed by atoms with Gasteiger partial charge in [-0.05, 0) is 98.6 Å². The van der Waals surface area contributed by atoms with Gasteiger partial charge in [-0.25, -0.2) is 9.36 Å². The topological polar surface area (TPSA) is 102 Å². The highest BCUT2D eigenvalue weighted by Gasteiger charge is 2.41. The second-order valence-electron chi connectivity index (χ2n) is 15.7. The van der Waals surface area contributed by atoms with Crippen LogP contribution in [0.5, 0.6) is 0 Å². The van der Waals surface area contributed by atoms with Crippen LogP contribution in [0.4, 0.5) is 0 Å². The molecule has 57 heavy (non-hydrogen) atoms. The molecule has 308 valence electrons. The minimum atomic E-state index is -0.355. The molecule has 6 aliphatic rings. The second kappa shape index (κ2) is 18.4. The second-order valence-corrected chi connectivity index (χ2v) is 17.6. The number of benzene rings is 2. The van der Waals surface area contributed by atoms with Gasteiger partial charge in [0.25, 0.3) is 0 Å². The highest BCUT2D eigenvalue weighted by Crippen LogP contribution is 2.45. The Hall–Kier alpha value is -1.93. The van der Waals surface area contributed by atoms with Gasteiger partial charge in [0.1, 0.15) is 11.4 Å². The predicted molar refractivity (Wildman–Crippen MR) is 221 cm³/mol. The average Bonchev–Trinajstić information content (AvgIpc) is 4.04. The number of nitrogens with zero attached hydrogens (tertiary/aromatic N) is 4. The van der Waals surface area contributed by atoms with E-state index in [4.69, 9.17) is 81.7 Å². The van der Waals surface area contributed by atoms with Crippen LogP contribution in [-0.2, 0) is 36.2 Å². The normalized spacial score (nSPS) is 22.7. The zero-order chi connectivity index (χ0) is 39.6. The van der Waals surface area contributed by atoms with E-state index in [1.54, 1.807) is 16.8 Å². The number of alkyl halides is 1. The molecule has 2 saturated heterocycles. The molecule has 10 nitrogen and oxygen atoms in total. The first-order chi connectivity index (χ1) is 27.7. The number of hydrogen-bond donors (Lipinski definition) is 1. The molecule has 2 aromatic heterocycles. The van der Waals surface area contributed by atoms with Crippen molar-refractivity contribution in [2.45, 2.75) is 125 Å². The summed E-state index contributed by atoms with van der Waals surface area (Å²) in [4.78, 5) is 0. The van der Waals surface area contributed by atoms with Crippen LogP contribution in [-0.4, -0.2) is 74.9 Å². The smallest absolute Gasteiger partial charge is 0.168 e. The summed E-state index contributed by atoms with van der Waals surface area (Å²) in [5, 5.41) is 20.6. The van der Waals surface area contributed by atoms with Gasteiger partial charge in [-0.15, -0.1) is 11.6 Å². The molecule has 1 N–H and O–H groups in total. The third-order valence-corrected chi connectivity index (χ3v) is 13.2. The van der Waals surface area contributed by atoms with E-state index in [1.165, 1.54) is 36.8 Å². The lowest BCUT2D eigenvalue weighted by atomic mass is 9.92. The van der Waals surface area contributed by atoms with E-state index in [1.807, 2.05) is 41.3 Å². The average molecular weight is 883 g/mol. The van der Waals surface area contributed by atoms with Gasteiger partial charge in [-0.2, -0.15) is 10.2 Å². The number of para-hydroxylation sites is 2. The number of aliphatic hydroxyl groups excluding tert-OH is 1. The predicted octanol–water partition coefficient (Wildman–Crippen LogP) is 10.7. The molecule has 4 aromatic rings. The molecular formula is C42H49Cl5N4O6. The Bertz CT molecular complexity index is 1930. The van der Waals surface area contributed by atoms with E-state index in [-0.39, 0.29) is 23.8 Å². The first-order valence-electron chi connectivity index (χ1n) is 20.1. The molecule has 0 atom stereocenters. The van der Waals surface area contributed by atoms with Gasteiger partial charge >= 0.3 is 0 Å². The van der Waals surface area contributed by atoms with Crippen molar-refractivity contribution in [3.8, 4) is 11.4 Å². The summed E-state index contributed by atoms with van der Waals surface area (Å²) in [6.45, 7) is 3.35. The molecule has 4 heterocycles. The van der Waals surface area contributed by atoms with Crippen molar-refractivity contribution >= 4 is 58.0 Å². The van der Waals surface area contributed by atoms with E-state index >= 15 is 0 Å². The van der Waals surface area contributed by atoms with E-state index in [0.717, 1.165) is 81.7 Å². The molecule has 2 aliphatic heterocycles. The first kappa shape index (κ1) is 41.8. The zero-order valence-corrected chi connectivity index (χ0v) is 35.6. The molecule has 0 bridgehead atoms. The van der Waals surface area contributed by atoms with Crippen LogP contribution in [0.25, 0.3) is 11.4 Å². The Kier molecular flexibility index (Phi) is 13.5. The number of rotatable bonds is 8. The van der Waals surface area contributed by atoms with Crippen molar-refractivity contribution < 1.29 is 28.8 Å². The van der Waals surface area contributed by atoms with Crippen LogP contribution >= 0.6 is 58.0 Å². The summed E-state index contributed by atoms with van der Waals surface area (Å²) < 4.78 is 32.6. The lowest BCUT2D eigenvalue weighted by molar-refractivity contribution is -0.192. The van der Waals surface area contributed by atoms with Crippen LogP contribution in [0, 0.1) is 0 Å². The summed E-state index contributed by atoms with van der Waals surface area (Å²) >= 11 is 31.4. The lowest BCUT2D eigenvalue weighted by Crippen LogP contribution is -2.37. The number of hydrogen-bond acceptors (Lipinski definition) is 8. The van der Waals surface area contributed by atoms with Gasteiger partial charge in [-0.3, -0.25) is 0 Å².